The van der Waals surface area contributed by atoms with E-state index in [1.807, 2.05) is 36.4 Å². The lowest BCUT2D eigenvalue weighted by atomic mass is 10.1. The maximum absolute atomic E-state index is 13.3. The number of hydrogen-bond donors (Lipinski definition) is 4. The van der Waals surface area contributed by atoms with Gasteiger partial charge in [-0.2, -0.15) is 0 Å². The van der Waals surface area contributed by atoms with Gasteiger partial charge in [-0.3, -0.25) is 9.80 Å². The predicted octanol–water partition coefficient (Wildman–Crippen LogP) is 7.53. The summed E-state index contributed by atoms with van der Waals surface area (Å²) < 4.78 is 31.2. The Labute approximate surface area is 362 Å². The second kappa shape index (κ2) is 23.1. The molecule has 2 aliphatic heterocycles. The molecule has 8 rings (SSSR count). The maximum atomic E-state index is 13.3. The number of carbonyl (C=O) groups is 2. The zero-order valence-electron chi connectivity index (χ0n) is 35.9. The van der Waals surface area contributed by atoms with E-state index >= 15 is 0 Å². The van der Waals surface area contributed by atoms with Gasteiger partial charge in [0.1, 0.15) is 23.3 Å². The van der Waals surface area contributed by atoms with E-state index in [1.54, 1.807) is 0 Å². The predicted molar refractivity (Wildman–Crippen MR) is 239 cm³/mol. The number of halogens is 2. The first-order chi connectivity index (χ1) is 30.1. The molecule has 2 aliphatic rings. The van der Waals surface area contributed by atoms with E-state index in [9.17, 15) is 8.78 Å². The van der Waals surface area contributed by atoms with Crippen LogP contribution in [0.15, 0.2) is 97.1 Å². The van der Waals surface area contributed by atoms with Crippen LogP contribution in [0.3, 0.4) is 0 Å². The molecule has 0 radical (unpaired) electrons. The Kier molecular flexibility index (Phi) is 17.1. The Morgan fingerprint density at radius 2 is 0.919 bits per heavy atom. The molecule has 0 aliphatic carbocycles. The molecular formula is C48H60F2N8O4. The Hall–Kier alpha value is -5.54. The van der Waals surface area contributed by atoms with E-state index in [0.29, 0.717) is 25.4 Å². The van der Waals surface area contributed by atoms with Crippen molar-refractivity contribution in [1.29, 1.82) is 0 Å². The van der Waals surface area contributed by atoms with Crippen molar-refractivity contribution in [3.8, 4) is 0 Å². The van der Waals surface area contributed by atoms with E-state index in [2.05, 4.69) is 80.1 Å². The molecule has 0 amide bonds. The Balaban J connectivity index is 0.000000183. The minimum Gasteiger partial charge on any atom is -0.473 e. The molecule has 4 aromatic carbocycles. The highest BCUT2D eigenvalue weighted by molar-refractivity contribution is 6.27. The van der Waals surface area contributed by atoms with Gasteiger partial charge in [0.15, 0.2) is 0 Å². The number of fused-ring (bicyclic) bond motifs is 2. The minimum atomic E-state index is -1.82. The van der Waals surface area contributed by atoms with Crippen molar-refractivity contribution < 1.29 is 28.6 Å². The number of aliphatic carboxylic acids is 2. The molecule has 62 heavy (non-hydrogen) atoms. The molecule has 330 valence electrons. The van der Waals surface area contributed by atoms with Crippen LogP contribution in [0.1, 0.15) is 74.1 Å². The summed E-state index contributed by atoms with van der Waals surface area (Å²) in [7, 11) is 4.11. The van der Waals surface area contributed by atoms with Crippen LogP contribution < -0.4 is 10.6 Å². The highest BCUT2D eigenvalue weighted by atomic mass is 19.1. The number of piperidine rings is 2. The summed E-state index contributed by atoms with van der Waals surface area (Å²) in [6.07, 6.45) is 12.5. The molecule has 4 N–H and O–H groups in total. The third-order valence-corrected chi connectivity index (χ3v) is 11.8. The largest absolute Gasteiger partial charge is 0.473 e. The fraction of sp³-hybridized carbons (Fsp3) is 0.417. The summed E-state index contributed by atoms with van der Waals surface area (Å²) in [6.45, 7) is 6.14. The Morgan fingerprint density at radius 1 is 0.565 bits per heavy atom. The standard InChI is InChI=1S/2C23H29FN4.C2H2O4/c2*1-25-22(27-15-5-2-6-16-27)13-14-23-26-20-7-3-4-8-21(20)28(23)17-18-9-11-19(24)12-10-18;3-1(4)2(5)6/h2*3-4,7-12,22,25H,2,5-6,13-17H2,1H3;(H,3,4)(H,5,6). The molecule has 12 nitrogen and oxygen atoms in total. The average Bonchev–Trinajstić information content (AvgIpc) is 3.83. The molecule has 2 aromatic heterocycles. The molecule has 2 unspecified atom stereocenters. The van der Waals surface area contributed by atoms with Crippen molar-refractivity contribution >= 4 is 34.0 Å². The van der Waals surface area contributed by atoms with Crippen LogP contribution in [-0.4, -0.2) is 104 Å². The zero-order chi connectivity index (χ0) is 43.8. The zero-order valence-corrected chi connectivity index (χ0v) is 35.9. The summed E-state index contributed by atoms with van der Waals surface area (Å²) in [5, 5.41) is 21.8. The molecule has 0 bridgehead atoms. The van der Waals surface area contributed by atoms with Crippen molar-refractivity contribution in [2.75, 3.05) is 40.3 Å². The van der Waals surface area contributed by atoms with Crippen LogP contribution in [-0.2, 0) is 35.5 Å². The van der Waals surface area contributed by atoms with Gasteiger partial charge in [0, 0.05) is 25.9 Å². The van der Waals surface area contributed by atoms with E-state index < -0.39 is 11.9 Å². The average molecular weight is 851 g/mol. The molecule has 6 aromatic rings. The molecule has 2 fully saturated rings. The third kappa shape index (κ3) is 12.8. The highest BCUT2D eigenvalue weighted by Crippen LogP contribution is 2.23. The fourth-order valence-corrected chi connectivity index (χ4v) is 8.54. The number of nitrogens with zero attached hydrogens (tertiary/aromatic N) is 6. The maximum Gasteiger partial charge on any atom is 0.414 e. The van der Waals surface area contributed by atoms with E-state index in [-0.39, 0.29) is 11.6 Å². The summed E-state index contributed by atoms with van der Waals surface area (Å²) >= 11 is 0. The lowest BCUT2D eigenvalue weighted by Crippen LogP contribution is -2.46. The topological polar surface area (TPSA) is 141 Å². The summed E-state index contributed by atoms with van der Waals surface area (Å²) in [5.74, 6) is -1.84. The Morgan fingerprint density at radius 3 is 1.26 bits per heavy atom. The van der Waals surface area contributed by atoms with Crippen LogP contribution in [0.5, 0.6) is 0 Å². The number of benzene rings is 4. The number of para-hydroxylation sites is 4. The molecule has 2 saturated heterocycles. The first-order valence-electron chi connectivity index (χ1n) is 21.8. The van der Waals surface area contributed by atoms with Crippen LogP contribution in [0.25, 0.3) is 22.1 Å². The monoisotopic (exact) mass is 850 g/mol. The number of carboxylic acid groups (broad SMARTS) is 2. The van der Waals surface area contributed by atoms with Gasteiger partial charge in [-0.15, -0.1) is 0 Å². The van der Waals surface area contributed by atoms with Gasteiger partial charge in [0.25, 0.3) is 0 Å². The molecule has 0 saturated carbocycles. The quantitative estimate of drug-likeness (QED) is 0.0814. The molecule has 0 spiro atoms. The van der Waals surface area contributed by atoms with Crippen molar-refractivity contribution in [3.05, 3.63) is 131 Å². The van der Waals surface area contributed by atoms with Crippen LogP contribution in [0.4, 0.5) is 8.78 Å². The van der Waals surface area contributed by atoms with Crippen LogP contribution >= 0.6 is 0 Å². The number of nitrogens with one attached hydrogen (secondary N) is 2. The number of hydrogen-bond acceptors (Lipinski definition) is 8. The summed E-state index contributed by atoms with van der Waals surface area (Å²) in [6, 6.07) is 30.1. The number of likely N-dealkylation sites (tertiary alicyclic amines) is 2. The summed E-state index contributed by atoms with van der Waals surface area (Å²) in [5.41, 5.74) is 6.51. The van der Waals surface area contributed by atoms with Crippen molar-refractivity contribution in [2.45, 2.75) is 89.6 Å². The van der Waals surface area contributed by atoms with Gasteiger partial charge in [-0.05, 0) is 138 Å². The molecule has 4 heterocycles. The van der Waals surface area contributed by atoms with Crippen molar-refractivity contribution in [1.82, 2.24) is 39.5 Å². The van der Waals surface area contributed by atoms with Gasteiger partial charge < -0.3 is 30.0 Å². The van der Waals surface area contributed by atoms with Gasteiger partial charge in [0.05, 0.1) is 34.4 Å². The SMILES string of the molecule is CNC(CCc1nc2ccccc2n1Cc1ccc(F)cc1)N1CCCCC1.CNC(CCc1nc2ccccc2n1Cc1ccc(F)cc1)N1CCCCC1.O=C(O)C(=O)O. The van der Waals surface area contributed by atoms with Gasteiger partial charge in [-0.1, -0.05) is 61.4 Å². The molecular weight excluding hydrogens is 791 g/mol. The van der Waals surface area contributed by atoms with E-state index in [1.165, 1.54) is 89.0 Å². The van der Waals surface area contributed by atoms with Crippen LogP contribution in [0, 0.1) is 11.6 Å². The first-order valence-corrected chi connectivity index (χ1v) is 21.8. The van der Waals surface area contributed by atoms with Gasteiger partial charge >= 0.3 is 11.9 Å². The third-order valence-electron chi connectivity index (χ3n) is 11.8. The lowest BCUT2D eigenvalue weighted by Gasteiger charge is -2.34. The number of imidazole rings is 2. The second-order valence-corrected chi connectivity index (χ2v) is 15.9. The van der Waals surface area contributed by atoms with Crippen molar-refractivity contribution in [2.24, 2.45) is 0 Å². The highest BCUT2D eigenvalue weighted by Gasteiger charge is 2.22. The van der Waals surface area contributed by atoms with E-state index in [0.717, 1.165) is 70.5 Å². The lowest BCUT2D eigenvalue weighted by molar-refractivity contribution is -0.159. The summed E-state index contributed by atoms with van der Waals surface area (Å²) in [4.78, 5) is 33.2. The van der Waals surface area contributed by atoms with Gasteiger partial charge in [-0.25, -0.2) is 28.3 Å². The van der Waals surface area contributed by atoms with Crippen LogP contribution in [0.2, 0.25) is 0 Å². The first kappa shape index (κ1) is 46.0. The molecule has 14 heteroatoms. The second-order valence-electron chi connectivity index (χ2n) is 15.9. The number of rotatable bonds is 14. The molecule has 2 atom stereocenters. The van der Waals surface area contributed by atoms with Crippen molar-refractivity contribution in [3.63, 3.8) is 0 Å². The number of carboxylic acids is 2. The Bertz CT molecular complexity index is 2160. The smallest absolute Gasteiger partial charge is 0.414 e. The van der Waals surface area contributed by atoms with Gasteiger partial charge in [0.2, 0.25) is 0 Å². The normalized spacial score (nSPS) is 15.6. The number of aryl methyl sites for hydroxylation is 2. The minimum absolute atomic E-state index is 0.196. The number of aromatic nitrogens is 4. The van der Waals surface area contributed by atoms with E-state index in [4.69, 9.17) is 29.8 Å². The fourth-order valence-electron chi connectivity index (χ4n) is 8.54.